The standard InChI is InChI=1S/C72H134O6/c1-4-7-10-13-16-18-20-22-24-26-28-29-30-31-32-33-34-35-36-37-38-39-40-41-42-43-44-46-47-49-51-53-56-59-62-65-71(74)77-68-69(67-76-70(73)64-61-58-55-15-12-9-6-3)78-72(75)66-63-60-57-54-52-50-48-45-27-25-23-21-19-17-14-11-8-5-2/h19,21,25-28,69H,4-18,20,22-24,29-68H2,1-3H3/b21-19-,27-25-,28-26-. The van der Waals surface area contributed by atoms with Crippen LogP contribution >= 0.6 is 0 Å². The zero-order valence-electron chi connectivity index (χ0n) is 52.7. The van der Waals surface area contributed by atoms with Crippen molar-refractivity contribution in [2.75, 3.05) is 13.2 Å². The van der Waals surface area contributed by atoms with Gasteiger partial charge in [0.15, 0.2) is 6.10 Å². The van der Waals surface area contributed by atoms with Crippen molar-refractivity contribution in [3.05, 3.63) is 36.5 Å². The van der Waals surface area contributed by atoms with E-state index in [0.29, 0.717) is 19.3 Å². The van der Waals surface area contributed by atoms with E-state index in [1.54, 1.807) is 0 Å². The highest BCUT2D eigenvalue weighted by Crippen LogP contribution is 2.18. The molecule has 0 aromatic heterocycles. The largest absolute Gasteiger partial charge is 0.462 e. The molecule has 0 aromatic carbocycles. The molecule has 1 unspecified atom stereocenters. The average molecular weight is 1100 g/mol. The van der Waals surface area contributed by atoms with Crippen LogP contribution in [0.3, 0.4) is 0 Å². The Hall–Kier alpha value is -2.37. The second kappa shape index (κ2) is 67.1. The summed E-state index contributed by atoms with van der Waals surface area (Å²) in [4.78, 5) is 38.1. The summed E-state index contributed by atoms with van der Waals surface area (Å²) in [6.45, 7) is 6.63. The van der Waals surface area contributed by atoms with Crippen LogP contribution in [0.15, 0.2) is 36.5 Å². The van der Waals surface area contributed by atoms with Crippen molar-refractivity contribution in [1.82, 2.24) is 0 Å². The Kier molecular flexibility index (Phi) is 65.1. The summed E-state index contributed by atoms with van der Waals surface area (Å²) >= 11 is 0. The number of carbonyl (C=O) groups excluding carboxylic acids is 3. The molecule has 6 heteroatoms. The first-order valence-electron chi connectivity index (χ1n) is 35.0. The van der Waals surface area contributed by atoms with Gasteiger partial charge in [0.05, 0.1) is 0 Å². The van der Waals surface area contributed by atoms with Gasteiger partial charge in [-0.3, -0.25) is 14.4 Å². The molecule has 6 nitrogen and oxygen atoms in total. The van der Waals surface area contributed by atoms with Crippen molar-refractivity contribution in [2.24, 2.45) is 0 Å². The first-order chi connectivity index (χ1) is 38.5. The molecule has 0 heterocycles. The maximum atomic E-state index is 12.8. The molecule has 0 aliphatic rings. The monoisotopic (exact) mass is 1100 g/mol. The minimum Gasteiger partial charge on any atom is -0.462 e. The molecule has 1 atom stereocenters. The number of hydrogen-bond acceptors (Lipinski definition) is 6. The molecule has 0 radical (unpaired) electrons. The Morgan fingerprint density at radius 1 is 0.256 bits per heavy atom. The number of esters is 3. The van der Waals surface area contributed by atoms with E-state index in [1.807, 2.05) is 0 Å². The van der Waals surface area contributed by atoms with Gasteiger partial charge in [-0.2, -0.15) is 0 Å². The molecule has 78 heavy (non-hydrogen) atoms. The number of carbonyl (C=O) groups is 3. The predicted molar refractivity (Wildman–Crippen MR) is 339 cm³/mol. The highest BCUT2D eigenvalue weighted by atomic mass is 16.6. The van der Waals surface area contributed by atoms with Crippen LogP contribution in [0, 0.1) is 0 Å². The van der Waals surface area contributed by atoms with E-state index < -0.39 is 6.10 Å². The zero-order valence-corrected chi connectivity index (χ0v) is 52.7. The molecule has 0 aromatic rings. The van der Waals surface area contributed by atoms with Gasteiger partial charge in [-0.25, -0.2) is 0 Å². The Morgan fingerprint density at radius 3 is 0.731 bits per heavy atom. The number of unbranched alkanes of at least 4 members (excludes halogenated alkanes) is 48. The van der Waals surface area contributed by atoms with Gasteiger partial charge in [0.2, 0.25) is 0 Å². The van der Waals surface area contributed by atoms with Crippen molar-refractivity contribution < 1.29 is 28.6 Å². The van der Waals surface area contributed by atoms with Crippen LogP contribution in [-0.4, -0.2) is 37.2 Å². The average Bonchev–Trinajstić information content (AvgIpc) is 3.44. The predicted octanol–water partition coefficient (Wildman–Crippen LogP) is 23.9. The van der Waals surface area contributed by atoms with Crippen molar-refractivity contribution >= 4 is 17.9 Å². The molecule has 0 bridgehead atoms. The van der Waals surface area contributed by atoms with Gasteiger partial charge >= 0.3 is 17.9 Å². The molecule has 0 aliphatic heterocycles. The van der Waals surface area contributed by atoms with Gasteiger partial charge in [-0.05, 0) is 77.0 Å². The van der Waals surface area contributed by atoms with Crippen LogP contribution in [0.2, 0.25) is 0 Å². The number of rotatable bonds is 65. The smallest absolute Gasteiger partial charge is 0.306 e. The highest BCUT2D eigenvalue weighted by Gasteiger charge is 2.19. The van der Waals surface area contributed by atoms with Crippen LogP contribution in [0.5, 0.6) is 0 Å². The Morgan fingerprint density at radius 2 is 0.462 bits per heavy atom. The molecule has 0 saturated carbocycles. The molecular formula is C72H134O6. The molecule has 0 rings (SSSR count). The van der Waals surface area contributed by atoms with Gasteiger partial charge < -0.3 is 14.2 Å². The van der Waals surface area contributed by atoms with Gasteiger partial charge in [-0.15, -0.1) is 0 Å². The van der Waals surface area contributed by atoms with Crippen molar-refractivity contribution in [1.29, 1.82) is 0 Å². The molecule has 0 spiro atoms. The summed E-state index contributed by atoms with van der Waals surface area (Å²) < 4.78 is 16.9. The fourth-order valence-corrected chi connectivity index (χ4v) is 10.6. The number of allylic oxidation sites excluding steroid dienone is 6. The summed E-state index contributed by atoms with van der Waals surface area (Å²) in [5.74, 6) is -0.863. The second-order valence-corrected chi connectivity index (χ2v) is 23.8. The van der Waals surface area contributed by atoms with E-state index in [2.05, 4.69) is 57.2 Å². The first-order valence-corrected chi connectivity index (χ1v) is 35.0. The quantitative estimate of drug-likeness (QED) is 0.0261. The van der Waals surface area contributed by atoms with Crippen LogP contribution < -0.4 is 0 Å². The fraction of sp³-hybridized carbons (Fsp3) is 0.875. The second-order valence-electron chi connectivity index (χ2n) is 23.8. The Balaban J connectivity index is 3.93. The Labute approximate surface area is 486 Å². The van der Waals surface area contributed by atoms with Gasteiger partial charge in [0.1, 0.15) is 13.2 Å². The maximum Gasteiger partial charge on any atom is 0.306 e. The van der Waals surface area contributed by atoms with E-state index in [0.717, 1.165) is 70.6 Å². The highest BCUT2D eigenvalue weighted by molar-refractivity contribution is 5.71. The topological polar surface area (TPSA) is 78.9 Å². The third-order valence-electron chi connectivity index (χ3n) is 15.9. The molecule has 458 valence electrons. The van der Waals surface area contributed by atoms with Crippen molar-refractivity contribution in [3.63, 3.8) is 0 Å². The van der Waals surface area contributed by atoms with Crippen LogP contribution in [0.25, 0.3) is 0 Å². The van der Waals surface area contributed by atoms with Gasteiger partial charge in [0, 0.05) is 19.3 Å². The Bertz CT molecular complexity index is 1300. The summed E-state index contributed by atoms with van der Waals surface area (Å²) in [7, 11) is 0. The SMILES string of the molecule is CCCCCC/C=C\C/C=C\CCCCCCCCCC(=O)OC(COC(=O)CCCCCCCCC)COC(=O)CCCCCCCCCCCCCCCCCCCCCCCCC/C=C\CCCCCCCCCC. The van der Waals surface area contributed by atoms with Gasteiger partial charge in [0.25, 0.3) is 0 Å². The van der Waals surface area contributed by atoms with Crippen molar-refractivity contribution in [2.45, 2.75) is 393 Å². The fourth-order valence-electron chi connectivity index (χ4n) is 10.6. The van der Waals surface area contributed by atoms with Crippen LogP contribution in [-0.2, 0) is 28.6 Å². The third kappa shape index (κ3) is 64.5. The lowest BCUT2D eigenvalue weighted by atomic mass is 10.0. The summed E-state index contributed by atoms with van der Waals surface area (Å²) in [6, 6.07) is 0. The van der Waals surface area contributed by atoms with Gasteiger partial charge in [-0.1, -0.05) is 327 Å². The van der Waals surface area contributed by atoms with E-state index in [9.17, 15) is 14.4 Å². The van der Waals surface area contributed by atoms with E-state index >= 15 is 0 Å². The van der Waals surface area contributed by atoms with E-state index in [-0.39, 0.29) is 31.1 Å². The first kappa shape index (κ1) is 75.6. The van der Waals surface area contributed by atoms with Crippen LogP contribution in [0.1, 0.15) is 387 Å². The minimum absolute atomic E-state index is 0.0706. The third-order valence-corrected chi connectivity index (χ3v) is 15.9. The lowest BCUT2D eigenvalue weighted by Crippen LogP contribution is -2.30. The molecule has 0 amide bonds. The van der Waals surface area contributed by atoms with Crippen molar-refractivity contribution in [3.8, 4) is 0 Å². The summed E-state index contributed by atoms with van der Waals surface area (Å²) in [5, 5.41) is 0. The van der Waals surface area contributed by atoms with Crippen LogP contribution in [0.4, 0.5) is 0 Å². The summed E-state index contributed by atoms with van der Waals surface area (Å²) in [5.41, 5.74) is 0. The normalized spacial score (nSPS) is 12.2. The number of ether oxygens (including phenoxy) is 3. The van der Waals surface area contributed by atoms with E-state index in [4.69, 9.17) is 14.2 Å². The molecule has 0 fully saturated rings. The molecular weight excluding hydrogens is 961 g/mol. The molecule has 0 aliphatic carbocycles. The molecule has 0 N–H and O–H groups in total. The lowest BCUT2D eigenvalue weighted by Gasteiger charge is -2.18. The summed E-state index contributed by atoms with van der Waals surface area (Å²) in [6.07, 6.45) is 83.6. The number of hydrogen-bond donors (Lipinski definition) is 0. The van der Waals surface area contributed by atoms with E-state index in [1.165, 1.54) is 276 Å². The molecule has 0 saturated heterocycles. The minimum atomic E-state index is -0.771. The maximum absolute atomic E-state index is 12.8. The zero-order chi connectivity index (χ0) is 56.4. The lowest BCUT2D eigenvalue weighted by molar-refractivity contribution is -0.167.